The number of benzene rings is 1. The highest BCUT2D eigenvalue weighted by Crippen LogP contribution is 2.19. The summed E-state index contributed by atoms with van der Waals surface area (Å²) in [5.74, 6) is 0.921. The lowest BCUT2D eigenvalue weighted by Crippen LogP contribution is -2.40. The van der Waals surface area contributed by atoms with E-state index in [4.69, 9.17) is 10.00 Å². The van der Waals surface area contributed by atoms with Crippen molar-refractivity contribution >= 4 is 0 Å². The molecular weight excluding hydrogens is 224 g/mol. The number of hydrogen-bond donors (Lipinski definition) is 0. The van der Waals surface area contributed by atoms with Crippen molar-refractivity contribution in [2.75, 3.05) is 20.7 Å². The average Bonchev–Trinajstić information content (AvgIpc) is 2.36. The molecule has 0 heterocycles. The van der Waals surface area contributed by atoms with Crippen LogP contribution in [-0.4, -0.2) is 31.1 Å². The maximum absolute atomic E-state index is 9.07. The van der Waals surface area contributed by atoms with E-state index in [1.807, 2.05) is 33.9 Å². The number of hydrogen-bond acceptors (Lipinski definition) is 3. The van der Waals surface area contributed by atoms with Crippen LogP contribution in [0.4, 0.5) is 0 Å². The van der Waals surface area contributed by atoms with Crippen molar-refractivity contribution in [1.29, 1.82) is 5.26 Å². The van der Waals surface area contributed by atoms with E-state index in [0.29, 0.717) is 0 Å². The number of nitrogens with zero attached hydrogens (tertiary/aromatic N) is 2. The molecule has 98 valence electrons. The molecule has 0 spiro atoms. The largest absolute Gasteiger partial charge is 0.496 e. The molecule has 0 saturated heterocycles. The van der Waals surface area contributed by atoms with Gasteiger partial charge in [-0.3, -0.25) is 4.90 Å². The normalized spacial score (nSPS) is 11.4. The van der Waals surface area contributed by atoms with Gasteiger partial charge in [-0.15, -0.1) is 0 Å². The minimum Gasteiger partial charge on any atom is -0.496 e. The highest BCUT2D eigenvalue weighted by molar-refractivity contribution is 5.36. The Bertz CT molecular complexity index is 446. The number of methoxy groups -OCH3 is 1. The average molecular weight is 246 g/mol. The third-order valence-electron chi connectivity index (χ3n) is 3.42. The Kier molecular flexibility index (Phi) is 4.75. The second-order valence-electron chi connectivity index (χ2n) is 5.15. The van der Waals surface area contributed by atoms with Gasteiger partial charge in [0.2, 0.25) is 0 Å². The van der Waals surface area contributed by atoms with Gasteiger partial charge in [-0.25, -0.2) is 0 Å². The second kappa shape index (κ2) is 5.88. The maximum Gasteiger partial charge on any atom is 0.121 e. The summed E-state index contributed by atoms with van der Waals surface area (Å²) in [4.78, 5) is 2.08. The molecule has 0 aromatic heterocycles. The van der Waals surface area contributed by atoms with Gasteiger partial charge in [0.25, 0.3) is 0 Å². The Hall–Kier alpha value is -1.53. The van der Waals surface area contributed by atoms with Crippen molar-refractivity contribution in [1.82, 2.24) is 4.90 Å². The molecule has 0 radical (unpaired) electrons. The molecule has 0 N–H and O–H groups in total. The fourth-order valence-corrected chi connectivity index (χ4v) is 1.76. The van der Waals surface area contributed by atoms with Crippen molar-refractivity contribution < 1.29 is 4.74 Å². The van der Waals surface area contributed by atoms with E-state index in [9.17, 15) is 0 Å². The van der Waals surface area contributed by atoms with E-state index in [-0.39, 0.29) is 0 Å². The first-order valence-corrected chi connectivity index (χ1v) is 6.16. The predicted molar refractivity (Wildman–Crippen MR) is 73.8 cm³/mol. The van der Waals surface area contributed by atoms with E-state index < -0.39 is 5.54 Å². The smallest absolute Gasteiger partial charge is 0.121 e. The monoisotopic (exact) mass is 246 g/mol. The lowest BCUT2D eigenvalue weighted by atomic mass is 10.0. The Morgan fingerprint density at radius 3 is 2.56 bits per heavy atom. The summed E-state index contributed by atoms with van der Waals surface area (Å²) in [6, 6.07) is 8.54. The number of likely N-dealkylation sites (N-methyl/N-ethyl adjacent to an activating group) is 1. The molecule has 1 aromatic carbocycles. The van der Waals surface area contributed by atoms with Crippen LogP contribution < -0.4 is 4.74 Å². The summed E-state index contributed by atoms with van der Waals surface area (Å²) in [6.45, 7) is 6.79. The molecule has 0 saturated carbocycles. The SMILES string of the molecule is COc1ccc(CCN(C)C(C)(C)C#N)cc1C. The quantitative estimate of drug-likeness (QED) is 0.801. The molecule has 3 heteroatoms. The maximum atomic E-state index is 9.07. The van der Waals surface area contributed by atoms with Crippen LogP contribution >= 0.6 is 0 Å². The molecule has 0 aliphatic carbocycles. The fraction of sp³-hybridized carbons (Fsp3) is 0.533. The van der Waals surface area contributed by atoms with Crippen molar-refractivity contribution in [3.8, 4) is 11.8 Å². The predicted octanol–water partition coefficient (Wildman–Crippen LogP) is 2.78. The van der Waals surface area contributed by atoms with Gasteiger partial charge < -0.3 is 4.74 Å². The van der Waals surface area contributed by atoms with Crippen LogP contribution in [0.15, 0.2) is 18.2 Å². The molecule has 18 heavy (non-hydrogen) atoms. The van der Waals surface area contributed by atoms with Crippen molar-refractivity contribution in [2.24, 2.45) is 0 Å². The third kappa shape index (κ3) is 3.48. The summed E-state index contributed by atoms with van der Waals surface area (Å²) in [5.41, 5.74) is 2.01. The van der Waals surface area contributed by atoms with Gasteiger partial charge in [-0.2, -0.15) is 5.26 Å². The molecule has 1 rings (SSSR count). The van der Waals surface area contributed by atoms with E-state index in [0.717, 1.165) is 24.3 Å². The van der Waals surface area contributed by atoms with Gasteiger partial charge in [0, 0.05) is 6.54 Å². The van der Waals surface area contributed by atoms with Gasteiger partial charge in [-0.05, 0) is 51.4 Å². The van der Waals surface area contributed by atoms with Gasteiger partial charge in [0.05, 0.1) is 13.2 Å². The van der Waals surface area contributed by atoms with Crippen LogP contribution in [0, 0.1) is 18.3 Å². The Balaban J connectivity index is 2.65. The zero-order valence-corrected chi connectivity index (χ0v) is 11.9. The van der Waals surface area contributed by atoms with E-state index >= 15 is 0 Å². The van der Waals surface area contributed by atoms with Crippen LogP contribution in [-0.2, 0) is 6.42 Å². The Labute approximate surface area is 110 Å². The summed E-state index contributed by atoms with van der Waals surface area (Å²) >= 11 is 0. The molecule has 0 unspecified atom stereocenters. The standard InChI is InChI=1S/C15H22N2O/c1-12-10-13(6-7-14(12)18-5)8-9-17(4)15(2,3)11-16/h6-7,10H,8-9H2,1-5H3. The van der Waals surface area contributed by atoms with Gasteiger partial charge >= 0.3 is 0 Å². The molecule has 1 aromatic rings. The van der Waals surface area contributed by atoms with E-state index in [1.165, 1.54) is 5.56 Å². The fourth-order valence-electron chi connectivity index (χ4n) is 1.76. The van der Waals surface area contributed by atoms with Gasteiger partial charge in [0.1, 0.15) is 11.3 Å². The Morgan fingerprint density at radius 2 is 2.06 bits per heavy atom. The minimum absolute atomic E-state index is 0.415. The van der Waals surface area contributed by atoms with Gasteiger partial charge in [0.15, 0.2) is 0 Å². The molecule has 0 fully saturated rings. The molecule has 0 amide bonds. The van der Waals surface area contributed by atoms with Crippen LogP contribution in [0.25, 0.3) is 0 Å². The number of nitriles is 1. The topological polar surface area (TPSA) is 36.3 Å². The molecule has 0 atom stereocenters. The van der Waals surface area contributed by atoms with Crippen LogP contribution in [0.5, 0.6) is 5.75 Å². The molecule has 0 bridgehead atoms. The molecule has 3 nitrogen and oxygen atoms in total. The first-order chi connectivity index (χ1) is 8.40. The molecule has 0 aliphatic rings. The number of aryl methyl sites for hydroxylation is 1. The molecular formula is C15H22N2O. The summed E-state index contributed by atoms with van der Waals surface area (Å²) < 4.78 is 5.24. The molecule has 0 aliphatic heterocycles. The van der Waals surface area contributed by atoms with Crippen molar-refractivity contribution in [3.63, 3.8) is 0 Å². The summed E-state index contributed by atoms with van der Waals surface area (Å²) in [6.07, 6.45) is 0.937. The van der Waals surface area contributed by atoms with Gasteiger partial charge in [-0.1, -0.05) is 12.1 Å². The third-order valence-corrected chi connectivity index (χ3v) is 3.42. The Morgan fingerprint density at radius 1 is 1.39 bits per heavy atom. The second-order valence-corrected chi connectivity index (χ2v) is 5.15. The van der Waals surface area contributed by atoms with Crippen LogP contribution in [0.3, 0.4) is 0 Å². The van der Waals surface area contributed by atoms with E-state index in [1.54, 1.807) is 7.11 Å². The highest BCUT2D eigenvalue weighted by atomic mass is 16.5. The first-order valence-electron chi connectivity index (χ1n) is 6.16. The lowest BCUT2D eigenvalue weighted by Gasteiger charge is -2.28. The van der Waals surface area contributed by atoms with Crippen molar-refractivity contribution in [3.05, 3.63) is 29.3 Å². The van der Waals surface area contributed by atoms with Crippen LogP contribution in [0.1, 0.15) is 25.0 Å². The zero-order valence-electron chi connectivity index (χ0n) is 11.9. The first kappa shape index (κ1) is 14.5. The van der Waals surface area contributed by atoms with E-state index in [2.05, 4.69) is 23.1 Å². The summed E-state index contributed by atoms with van der Waals surface area (Å²) in [5, 5.41) is 9.07. The number of rotatable bonds is 5. The summed E-state index contributed by atoms with van der Waals surface area (Å²) in [7, 11) is 3.67. The minimum atomic E-state index is -0.415. The zero-order chi connectivity index (χ0) is 13.8. The highest BCUT2D eigenvalue weighted by Gasteiger charge is 2.22. The van der Waals surface area contributed by atoms with Crippen LogP contribution in [0.2, 0.25) is 0 Å². The number of ether oxygens (including phenoxy) is 1. The van der Waals surface area contributed by atoms with Crippen molar-refractivity contribution in [2.45, 2.75) is 32.7 Å². The lowest BCUT2D eigenvalue weighted by molar-refractivity contribution is 0.214.